The van der Waals surface area contributed by atoms with E-state index in [0.717, 1.165) is 25.8 Å². The van der Waals surface area contributed by atoms with E-state index in [4.69, 9.17) is 32.7 Å². The molecule has 2 aromatic rings. The molecule has 7 nitrogen and oxygen atoms in total. The number of benzene rings is 2. The maximum absolute atomic E-state index is 12.8. The Morgan fingerprint density at radius 3 is 2.56 bits per heavy atom. The average Bonchev–Trinajstić information content (AvgIpc) is 3.07. The smallest absolute Gasteiger partial charge is 0.328 e. The second kappa shape index (κ2) is 11.7. The van der Waals surface area contributed by atoms with Crippen molar-refractivity contribution in [2.24, 2.45) is 0 Å². The number of rotatable bonds is 8. The molecule has 2 amide bonds. The van der Waals surface area contributed by atoms with Crippen molar-refractivity contribution in [2.75, 3.05) is 13.7 Å². The Balaban J connectivity index is 1.86. The number of hydrogen-bond donors (Lipinski definition) is 0. The van der Waals surface area contributed by atoms with Crippen molar-refractivity contribution < 1.29 is 28.6 Å². The molecule has 0 radical (unpaired) electrons. The lowest BCUT2D eigenvalue weighted by Crippen LogP contribution is -2.42. The second-order valence-corrected chi connectivity index (χ2v) is 10.0. The summed E-state index contributed by atoms with van der Waals surface area (Å²) in [5.41, 5.74) is 1.48. The van der Waals surface area contributed by atoms with Gasteiger partial charge in [-0.2, -0.15) is 0 Å². The molecule has 2 aromatic carbocycles. The van der Waals surface area contributed by atoms with Gasteiger partial charge >= 0.3 is 5.97 Å². The van der Waals surface area contributed by atoms with Gasteiger partial charge in [-0.05, 0) is 89.7 Å². The van der Waals surface area contributed by atoms with Crippen LogP contribution in [0.4, 0.5) is 4.79 Å². The van der Waals surface area contributed by atoms with Crippen LogP contribution < -0.4 is 9.47 Å². The van der Waals surface area contributed by atoms with Gasteiger partial charge < -0.3 is 14.2 Å². The molecule has 0 unspecified atom stereocenters. The lowest BCUT2D eigenvalue weighted by molar-refractivity contribution is -0.148. The van der Waals surface area contributed by atoms with Gasteiger partial charge in [0, 0.05) is 0 Å². The highest BCUT2D eigenvalue weighted by Crippen LogP contribution is 2.38. The summed E-state index contributed by atoms with van der Waals surface area (Å²) in [6, 6.07) is 7.78. The van der Waals surface area contributed by atoms with E-state index >= 15 is 0 Å². The largest absolute Gasteiger partial charge is 0.490 e. The van der Waals surface area contributed by atoms with E-state index in [-0.39, 0.29) is 11.5 Å². The van der Waals surface area contributed by atoms with Gasteiger partial charge in [0.2, 0.25) is 0 Å². The van der Waals surface area contributed by atoms with Crippen LogP contribution in [-0.4, -0.2) is 41.8 Å². The summed E-state index contributed by atoms with van der Waals surface area (Å²) in [6.45, 7) is 3.94. The summed E-state index contributed by atoms with van der Waals surface area (Å²) in [5, 5.41) is 0.369. The molecule has 0 N–H and O–H groups in total. The fourth-order valence-electron chi connectivity index (χ4n) is 3.10. The van der Waals surface area contributed by atoms with Gasteiger partial charge in [-0.3, -0.25) is 14.5 Å². The number of thioether (sulfide) groups is 1. The topological polar surface area (TPSA) is 82.1 Å². The van der Waals surface area contributed by atoms with Crippen molar-refractivity contribution >= 4 is 80.7 Å². The van der Waals surface area contributed by atoms with Crippen molar-refractivity contribution in [1.29, 1.82) is 0 Å². The number of amides is 2. The van der Waals surface area contributed by atoms with Crippen LogP contribution in [-0.2, 0) is 20.9 Å². The Bertz CT molecular complexity index is 1170. The number of nitrogens with zero attached hydrogens (tertiary/aromatic N) is 1. The van der Waals surface area contributed by atoms with Gasteiger partial charge in [-0.25, -0.2) is 4.79 Å². The van der Waals surface area contributed by atoms with Crippen LogP contribution in [0.3, 0.4) is 0 Å². The molecular formula is C23H20Cl2INO6S. The first-order chi connectivity index (χ1) is 16.2. The summed E-state index contributed by atoms with van der Waals surface area (Å²) in [6.07, 6.45) is 1.59. The number of carbonyl (C=O) groups excluding carboxylic acids is 3. The number of methoxy groups -OCH3 is 1. The van der Waals surface area contributed by atoms with Crippen LogP contribution >= 0.6 is 57.6 Å². The predicted molar refractivity (Wildman–Crippen MR) is 140 cm³/mol. The molecule has 180 valence electrons. The second-order valence-electron chi connectivity index (χ2n) is 7.05. The van der Waals surface area contributed by atoms with Gasteiger partial charge in [0.25, 0.3) is 11.1 Å². The summed E-state index contributed by atoms with van der Waals surface area (Å²) in [7, 11) is 1.20. The minimum atomic E-state index is -1.01. The van der Waals surface area contributed by atoms with E-state index in [1.165, 1.54) is 14.0 Å². The monoisotopic (exact) mass is 635 g/mol. The molecule has 0 bridgehead atoms. The first-order valence-electron chi connectivity index (χ1n) is 10.0. The maximum Gasteiger partial charge on any atom is 0.328 e. The molecule has 1 saturated heterocycles. The molecule has 0 saturated carbocycles. The van der Waals surface area contributed by atoms with Crippen LogP contribution in [0.2, 0.25) is 10.0 Å². The zero-order valence-corrected chi connectivity index (χ0v) is 22.9. The highest BCUT2D eigenvalue weighted by molar-refractivity contribution is 14.1. The molecule has 1 heterocycles. The molecule has 1 fully saturated rings. The molecule has 11 heteroatoms. The highest BCUT2D eigenvalue weighted by Gasteiger charge is 2.41. The average molecular weight is 636 g/mol. The van der Waals surface area contributed by atoms with Gasteiger partial charge in [-0.1, -0.05) is 29.3 Å². The third-order valence-corrected chi connectivity index (χ3v) is 7.17. The van der Waals surface area contributed by atoms with Crippen LogP contribution in [0, 0.1) is 3.57 Å². The van der Waals surface area contributed by atoms with Crippen LogP contribution in [0.1, 0.15) is 25.0 Å². The molecule has 1 atom stereocenters. The van der Waals surface area contributed by atoms with E-state index in [9.17, 15) is 14.4 Å². The summed E-state index contributed by atoms with van der Waals surface area (Å²) in [5.74, 6) is -0.193. The highest BCUT2D eigenvalue weighted by atomic mass is 127. The standard InChI is InChI=1S/C23H20Cl2INO6S/c1-4-32-18-9-14(10-19-21(28)27(23(30)34-19)12(2)22(29)31-3)8-17(26)20(18)33-11-13-5-6-15(24)16(25)7-13/h5-10,12H,4,11H2,1-3H3/b19-10+/t12-/m0/s1. The van der Waals surface area contributed by atoms with E-state index in [0.29, 0.717) is 33.7 Å². The van der Waals surface area contributed by atoms with Crippen LogP contribution in [0.5, 0.6) is 11.5 Å². The molecule has 3 rings (SSSR count). The van der Waals surface area contributed by atoms with Crippen LogP contribution in [0.15, 0.2) is 35.2 Å². The molecule has 1 aliphatic heterocycles. The number of ether oxygens (including phenoxy) is 3. The third-order valence-electron chi connectivity index (χ3n) is 4.75. The van der Waals surface area contributed by atoms with Gasteiger partial charge in [0.05, 0.1) is 32.2 Å². The van der Waals surface area contributed by atoms with Crippen molar-refractivity contribution in [1.82, 2.24) is 4.90 Å². The summed E-state index contributed by atoms with van der Waals surface area (Å²) in [4.78, 5) is 38.0. The van der Waals surface area contributed by atoms with Crippen molar-refractivity contribution in [3.63, 3.8) is 0 Å². The lowest BCUT2D eigenvalue weighted by atomic mass is 10.1. The quantitative estimate of drug-likeness (QED) is 0.195. The number of hydrogen-bond acceptors (Lipinski definition) is 7. The molecular weight excluding hydrogens is 616 g/mol. The van der Waals surface area contributed by atoms with Crippen molar-refractivity contribution in [3.8, 4) is 11.5 Å². The molecule has 0 spiro atoms. The normalized spacial score (nSPS) is 15.6. The minimum absolute atomic E-state index is 0.198. The zero-order valence-electron chi connectivity index (χ0n) is 18.4. The zero-order chi connectivity index (χ0) is 25.0. The minimum Gasteiger partial charge on any atom is -0.490 e. The van der Waals surface area contributed by atoms with E-state index in [2.05, 4.69) is 27.3 Å². The fourth-order valence-corrected chi connectivity index (χ4v) is 5.11. The first-order valence-corrected chi connectivity index (χ1v) is 12.7. The Morgan fingerprint density at radius 1 is 1.18 bits per heavy atom. The van der Waals surface area contributed by atoms with Gasteiger partial charge in [-0.15, -0.1) is 0 Å². The summed E-state index contributed by atoms with van der Waals surface area (Å²) >= 11 is 14.9. The van der Waals surface area contributed by atoms with E-state index < -0.39 is 23.2 Å². The number of halogens is 3. The third kappa shape index (κ3) is 5.99. The number of imide groups is 1. The molecule has 34 heavy (non-hydrogen) atoms. The number of esters is 1. The Labute approximate surface area is 224 Å². The van der Waals surface area contributed by atoms with Crippen molar-refractivity contribution in [3.05, 3.63) is 60.0 Å². The Morgan fingerprint density at radius 2 is 1.91 bits per heavy atom. The van der Waals surface area contributed by atoms with E-state index in [1.54, 1.807) is 24.3 Å². The maximum atomic E-state index is 12.8. The van der Waals surface area contributed by atoms with Crippen LogP contribution in [0.25, 0.3) is 6.08 Å². The first kappa shape index (κ1) is 26.7. The predicted octanol–water partition coefficient (Wildman–Crippen LogP) is 6.17. The van der Waals surface area contributed by atoms with Gasteiger partial charge in [0.1, 0.15) is 12.6 Å². The molecule has 0 aliphatic carbocycles. The molecule has 0 aromatic heterocycles. The Hall–Kier alpha value is -1.95. The fraction of sp³-hybridized carbons (Fsp3) is 0.261. The van der Waals surface area contributed by atoms with E-state index in [1.807, 2.05) is 19.1 Å². The summed E-state index contributed by atoms with van der Waals surface area (Å²) < 4.78 is 17.2. The Kier molecular flexibility index (Phi) is 9.14. The SMILES string of the molecule is CCOc1cc(/C=C2/SC(=O)N([C@@H](C)C(=O)OC)C2=O)cc(I)c1OCc1ccc(Cl)c(Cl)c1. The van der Waals surface area contributed by atoms with Gasteiger partial charge in [0.15, 0.2) is 11.5 Å². The molecule has 1 aliphatic rings. The lowest BCUT2D eigenvalue weighted by Gasteiger charge is -2.18. The number of carbonyl (C=O) groups is 3. The van der Waals surface area contributed by atoms with Crippen molar-refractivity contribution in [2.45, 2.75) is 26.5 Å².